The minimum atomic E-state index is 0.524. The largest absolute Gasteiger partial charge is 0.256 e. The summed E-state index contributed by atoms with van der Waals surface area (Å²) >= 11 is 6.08. The van der Waals surface area contributed by atoms with Crippen LogP contribution in [-0.4, -0.2) is 9.97 Å². The van der Waals surface area contributed by atoms with Gasteiger partial charge in [0.2, 0.25) is 0 Å². The van der Waals surface area contributed by atoms with E-state index in [0.717, 1.165) is 22.0 Å². The molecule has 82 valence electrons. The number of halogens is 1. The molecule has 0 N–H and O–H groups in total. The number of pyridine rings is 2. The molecule has 0 bridgehead atoms. The van der Waals surface area contributed by atoms with Crippen molar-refractivity contribution in [3.8, 4) is 11.1 Å². The van der Waals surface area contributed by atoms with Crippen molar-refractivity contribution in [2.45, 2.75) is 0 Å². The van der Waals surface area contributed by atoms with Crippen LogP contribution in [0, 0.1) is 0 Å². The van der Waals surface area contributed by atoms with Crippen molar-refractivity contribution >= 4 is 22.5 Å². The fraction of sp³-hybridized carbons (Fsp3) is 0. The van der Waals surface area contributed by atoms with Gasteiger partial charge in [0.25, 0.3) is 0 Å². The van der Waals surface area contributed by atoms with E-state index in [9.17, 15) is 0 Å². The third-order valence-electron chi connectivity index (χ3n) is 2.67. The highest BCUT2D eigenvalue weighted by atomic mass is 35.5. The van der Waals surface area contributed by atoms with Crippen LogP contribution in [0.1, 0.15) is 0 Å². The number of hydrogen-bond donors (Lipinski definition) is 0. The Bertz CT molecular complexity index is 680. The quantitative estimate of drug-likeness (QED) is 0.602. The Morgan fingerprint density at radius 3 is 2.59 bits per heavy atom. The highest BCUT2D eigenvalue weighted by Crippen LogP contribution is 2.27. The molecule has 1 aromatic carbocycles. The van der Waals surface area contributed by atoms with Crippen LogP contribution < -0.4 is 0 Å². The molecule has 0 amide bonds. The van der Waals surface area contributed by atoms with E-state index < -0.39 is 0 Å². The molecule has 3 heteroatoms. The van der Waals surface area contributed by atoms with Gasteiger partial charge < -0.3 is 0 Å². The standard InChI is InChI=1S/C14H9ClN2/c15-14-12(4-2-8-17-14)10-5-6-13-11(9-10)3-1-7-16-13/h1-9H. The molecule has 0 saturated carbocycles. The molecule has 0 radical (unpaired) electrons. The predicted octanol–water partition coefficient (Wildman–Crippen LogP) is 3.95. The molecule has 0 unspecified atom stereocenters. The van der Waals surface area contributed by atoms with Gasteiger partial charge in [0.15, 0.2) is 0 Å². The van der Waals surface area contributed by atoms with Gasteiger partial charge in [0.1, 0.15) is 5.15 Å². The Labute approximate surface area is 104 Å². The minimum absolute atomic E-state index is 0.524. The van der Waals surface area contributed by atoms with E-state index in [1.807, 2.05) is 36.4 Å². The molecule has 2 heterocycles. The van der Waals surface area contributed by atoms with Crippen LogP contribution in [0.15, 0.2) is 54.9 Å². The number of aromatic nitrogens is 2. The highest BCUT2D eigenvalue weighted by Gasteiger charge is 2.04. The third kappa shape index (κ3) is 1.87. The van der Waals surface area contributed by atoms with Crippen LogP contribution >= 0.6 is 11.6 Å². The second kappa shape index (κ2) is 4.15. The van der Waals surface area contributed by atoms with Crippen molar-refractivity contribution in [1.82, 2.24) is 9.97 Å². The Kier molecular flexibility index (Phi) is 2.50. The van der Waals surface area contributed by atoms with Gasteiger partial charge >= 0.3 is 0 Å². The average Bonchev–Trinajstić information content (AvgIpc) is 2.39. The Hall–Kier alpha value is -1.93. The van der Waals surface area contributed by atoms with E-state index in [1.54, 1.807) is 12.4 Å². The normalized spacial score (nSPS) is 10.6. The first-order valence-electron chi connectivity index (χ1n) is 5.30. The molecular weight excluding hydrogens is 232 g/mol. The second-order valence-corrected chi connectivity index (χ2v) is 4.11. The summed E-state index contributed by atoms with van der Waals surface area (Å²) in [6.45, 7) is 0. The molecule has 0 spiro atoms. The average molecular weight is 241 g/mol. The predicted molar refractivity (Wildman–Crippen MR) is 70.0 cm³/mol. The number of fused-ring (bicyclic) bond motifs is 1. The van der Waals surface area contributed by atoms with Crippen LogP contribution in [-0.2, 0) is 0 Å². The maximum absolute atomic E-state index is 6.08. The molecule has 0 fully saturated rings. The SMILES string of the molecule is Clc1ncccc1-c1ccc2ncccc2c1. The van der Waals surface area contributed by atoms with E-state index in [2.05, 4.69) is 16.0 Å². The Morgan fingerprint density at radius 1 is 0.882 bits per heavy atom. The molecule has 3 aromatic rings. The van der Waals surface area contributed by atoms with Gasteiger partial charge in [-0.2, -0.15) is 0 Å². The zero-order valence-corrected chi connectivity index (χ0v) is 9.72. The Balaban J connectivity index is 2.22. The Morgan fingerprint density at radius 2 is 1.71 bits per heavy atom. The van der Waals surface area contributed by atoms with E-state index in [4.69, 9.17) is 11.6 Å². The third-order valence-corrected chi connectivity index (χ3v) is 2.97. The van der Waals surface area contributed by atoms with Gasteiger partial charge in [0.05, 0.1) is 5.52 Å². The summed E-state index contributed by atoms with van der Waals surface area (Å²) in [7, 11) is 0. The lowest BCUT2D eigenvalue weighted by Gasteiger charge is -2.04. The first kappa shape index (κ1) is 10.2. The molecular formula is C14H9ClN2. The molecule has 3 rings (SSSR count). The van der Waals surface area contributed by atoms with Crippen LogP contribution in [0.4, 0.5) is 0 Å². The molecule has 0 aliphatic carbocycles. The summed E-state index contributed by atoms with van der Waals surface area (Å²) in [5, 5.41) is 1.63. The first-order chi connectivity index (χ1) is 8.34. The van der Waals surface area contributed by atoms with E-state index >= 15 is 0 Å². The van der Waals surface area contributed by atoms with Crippen LogP contribution in [0.5, 0.6) is 0 Å². The lowest BCUT2D eigenvalue weighted by atomic mass is 10.1. The van der Waals surface area contributed by atoms with E-state index in [0.29, 0.717) is 5.15 Å². The number of benzene rings is 1. The lowest BCUT2D eigenvalue weighted by Crippen LogP contribution is -1.84. The van der Waals surface area contributed by atoms with E-state index in [1.165, 1.54) is 0 Å². The number of rotatable bonds is 1. The van der Waals surface area contributed by atoms with Crippen molar-refractivity contribution in [1.29, 1.82) is 0 Å². The van der Waals surface area contributed by atoms with Gasteiger partial charge in [-0.15, -0.1) is 0 Å². The summed E-state index contributed by atoms with van der Waals surface area (Å²) in [5.41, 5.74) is 2.99. The van der Waals surface area contributed by atoms with Crippen molar-refractivity contribution < 1.29 is 0 Å². The second-order valence-electron chi connectivity index (χ2n) is 3.75. The van der Waals surface area contributed by atoms with Crippen molar-refractivity contribution in [2.75, 3.05) is 0 Å². The van der Waals surface area contributed by atoms with Gasteiger partial charge in [-0.05, 0) is 35.9 Å². The zero-order chi connectivity index (χ0) is 11.7. The highest BCUT2D eigenvalue weighted by molar-refractivity contribution is 6.32. The maximum atomic E-state index is 6.08. The topological polar surface area (TPSA) is 25.8 Å². The molecule has 0 atom stereocenters. The van der Waals surface area contributed by atoms with Gasteiger partial charge in [-0.3, -0.25) is 4.98 Å². The lowest BCUT2D eigenvalue weighted by molar-refractivity contribution is 1.33. The number of hydrogen-bond acceptors (Lipinski definition) is 2. The summed E-state index contributed by atoms with van der Waals surface area (Å²) in [6, 6.07) is 13.9. The smallest absolute Gasteiger partial charge is 0.136 e. The van der Waals surface area contributed by atoms with Gasteiger partial charge in [0, 0.05) is 23.3 Å². The maximum Gasteiger partial charge on any atom is 0.136 e. The fourth-order valence-corrected chi connectivity index (χ4v) is 2.07. The first-order valence-corrected chi connectivity index (χ1v) is 5.68. The fourth-order valence-electron chi connectivity index (χ4n) is 1.84. The molecule has 2 nitrogen and oxygen atoms in total. The van der Waals surface area contributed by atoms with Crippen LogP contribution in [0.25, 0.3) is 22.0 Å². The van der Waals surface area contributed by atoms with Crippen molar-refractivity contribution in [3.05, 3.63) is 60.0 Å². The van der Waals surface area contributed by atoms with E-state index in [-0.39, 0.29) is 0 Å². The van der Waals surface area contributed by atoms with Crippen LogP contribution in [0.2, 0.25) is 5.15 Å². The number of nitrogens with zero attached hydrogens (tertiary/aromatic N) is 2. The summed E-state index contributed by atoms with van der Waals surface area (Å²) < 4.78 is 0. The molecule has 17 heavy (non-hydrogen) atoms. The zero-order valence-electron chi connectivity index (χ0n) is 8.97. The van der Waals surface area contributed by atoms with Gasteiger partial charge in [-0.25, -0.2) is 4.98 Å². The van der Waals surface area contributed by atoms with Crippen LogP contribution in [0.3, 0.4) is 0 Å². The van der Waals surface area contributed by atoms with Crippen molar-refractivity contribution in [3.63, 3.8) is 0 Å². The minimum Gasteiger partial charge on any atom is -0.256 e. The monoisotopic (exact) mass is 240 g/mol. The summed E-state index contributed by atoms with van der Waals surface area (Å²) in [4.78, 5) is 8.38. The summed E-state index contributed by atoms with van der Waals surface area (Å²) in [6.07, 6.45) is 3.48. The summed E-state index contributed by atoms with van der Waals surface area (Å²) in [5.74, 6) is 0. The molecule has 2 aromatic heterocycles. The van der Waals surface area contributed by atoms with Gasteiger partial charge in [-0.1, -0.05) is 23.7 Å². The molecule has 0 saturated heterocycles. The molecule has 0 aliphatic rings. The molecule has 0 aliphatic heterocycles. The van der Waals surface area contributed by atoms with Crippen molar-refractivity contribution in [2.24, 2.45) is 0 Å².